The number of thioether (sulfide) groups is 1. The summed E-state index contributed by atoms with van der Waals surface area (Å²) in [5.74, 6) is 2.20. The van der Waals surface area contributed by atoms with Gasteiger partial charge >= 0.3 is 6.03 Å². The molecule has 3 rings (SSSR count). The number of rotatable bonds is 4. The molecule has 7 heteroatoms. The molecule has 132 valence electrons. The second kappa shape index (κ2) is 7.89. The minimum absolute atomic E-state index is 0.0704. The number of methoxy groups -OCH3 is 2. The average molecular weight is 379 g/mol. The fourth-order valence-corrected chi connectivity index (χ4v) is 4.16. The van der Waals surface area contributed by atoms with Gasteiger partial charge in [0.25, 0.3) is 0 Å². The quantitative estimate of drug-likeness (QED) is 0.842. The Morgan fingerprint density at radius 2 is 2.00 bits per heavy atom. The molecule has 1 aliphatic heterocycles. The smallest absolute Gasteiger partial charge is 0.323 e. The van der Waals surface area contributed by atoms with Gasteiger partial charge < -0.3 is 19.7 Å². The van der Waals surface area contributed by atoms with Crippen LogP contribution in [0.25, 0.3) is 0 Å². The molecule has 5 nitrogen and oxygen atoms in total. The van der Waals surface area contributed by atoms with Crippen molar-refractivity contribution in [2.45, 2.75) is 5.37 Å². The van der Waals surface area contributed by atoms with Crippen LogP contribution in [-0.2, 0) is 0 Å². The lowest BCUT2D eigenvalue weighted by Gasteiger charge is -2.25. The first-order valence-electron chi connectivity index (χ1n) is 7.79. The SMILES string of the molecule is COc1ccc([C@@H]2SCCN2C(=O)Nc2cccc(Cl)c2)cc1OC. The fraction of sp³-hybridized carbons (Fsp3) is 0.278. The summed E-state index contributed by atoms with van der Waals surface area (Å²) < 4.78 is 10.7. The molecule has 0 bridgehead atoms. The Hall–Kier alpha value is -2.05. The summed E-state index contributed by atoms with van der Waals surface area (Å²) >= 11 is 7.70. The van der Waals surface area contributed by atoms with Crippen molar-refractivity contribution < 1.29 is 14.3 Å². The van der Waals surface area contributed by atoms with Gasteiger partial charge in [-0.2, -0.15) is 0 Å². The first-order valence-corrected chi connectivity index (χ1v) is 9.22. The highest BCUT2D eigenvalue weighted by molar-refractivity contribution is 7.99. The van der Waals surface area contributed by atoms with Gasteiger partial charge in [0.05, 0.1) is 14.2 Å². The molecule has 2 amide bonds. The van der Waals surface area contributed by atoms with E-state index in [4.69, 9.17) is 21.1 Å². The number of halogens is 1. The number of hydrogen-bond donors (Lipinski definition) is 1. The van der Waals surface area contributed by atoms with E-state index in [2.05, 4.69) is 5.32 Å². The van der Waals surface area contributed by atoms with Crippen LogP contribution in [0.15, 0.2) is 42.5 Å². The van der Waals surface area contributed by atoms with Gasteiger partial charge in [-0.3, -0.25) is 0 Å². The summed E-state index contributed by atoms with van der Waals surface area (Å²) in [6.07, 6.45) is 0. The van der Waals surface area contributed by atoms with Crippen LogP contribution in [0.2, 0.25) is 5.02 Å². The summed E-state index contributed by atoms with van der Waals surface area (Å²) in [6.45, 7) is 0.677. The number of anilines is 1. The molecule has 1 aliphatic rings. The van der Waals surface area contributed by atoms with Gasteiger partial charge in [0.2, 0.25) is 0 Å². The second-order valence-electron chi connectivity index (χ2n) is 5.47. The number of nitrogens with zero attached hydrogens (tertiary/aromatic N) is 1. The van der Waals surface area contributed by atoms with Crippen LogP contribution < -0.4 is 14.8 Å². The molecule has 25 heavy (non-hydrogen) atoms. The molecule has 2 aromatic rings. The van der Waals surface area contributed by atoms with Crippen LogP contribution in [0, 0.1) is 0 Å². The maximum Gasteiger partial charge on any atom is 0.323 e. The van der Waals surface area contributed by atoms with E-state index in [1.807, 2.05) is 35.2 Å². The predicted molar refractivity (Wildman–Crippen MR) is 102 cm³/mol. The zero-order chi connectivity index (χ0) is 17.8. The number of nitrogens with one attached hydrogen (secondary N) is 1. The zero-order valence-corrected chi connectivity index (χ0v) is 15.6. The van der Waals surface area contributed by atoms with E-state index in [1.54, 1.807) is 38.1 Å². The number of carbonyl (C=O) groups excluding carboxylic acids is 1. The first kappa shape index (κ1) is 17.8. The van der Waals surface area contributed by atoms with Gasteiger partial charge in [-0.15, -0.1) is 11.8 Å². The summed E-state index contributed by atoms with van der Waals surface area (Å²) in [5, 5.41) is 3.43. The molecule has 0 spiro atoms. The molecule has 0 aliphatic carbocycles. The third-order valence-corrected chi connectivity index (χ3v) is 5.42. The molecule has 1 N–H and O–H groups in total. The highest BCUT2D eigenvalue weighted by Gasteiger charge is 2.31. The maximum absolute atomic E-state index is 12.7. The third kappa shape index (κ3) is 3.96. The minimum Gasteiger partial charge on any atom is -0.493 e. The lowest BCUT2D eigenvalue weighted by Crippen LogP contribution is -2.34. The number of benzene rings is 2. The highest BCUT2D eigenvalue weighted by atomic mass is 35.5. The van der Waals surface area contributed by atoms with E-state index in [-0.39, 0.29) is 11.4 Å². The summed E-state index contributed by atoms with van der Waals surface area (Å²) in [5.41, 5.74) is 1.68. The summed E-state index contributed by atoms with van der Waals surface area (Å²) in [6, 6.07) is 12.7. The highest BCUT2D eigenvalue weighted by Crippen LogP contribution is 2.41. The third-order valence-electron chi connectivity index (χ3n) is 3.92. The average Bonchev–Trinajstić information content (AvgIpc) is 3.11. The van der Waals surface area contributed by atoms with Gasteiger partial charge in [0.15, 0.2) is 11.5 Å². The second-order valence-corrected chi connectivity index (χ2v) is 7.10. The fourth-order valence-electron chi connectivity index (χ4n) is 2.72. The van der Waals surface area contributed by atoms with Gasteiger partial charge in [0.1, 0.15) is 5.37 Å². The predicted octanol–water partition coefficient (Wildman–Crippen LogP) is 4.64. The van der Waals surface area contributed by atoms with Crippen molar-refractivity contribution in [1.82, 2.24) is 4.90 Å². The molecule has 1 atom stereocenters. The van der Waals surface area contributed by atoms with Crippen molar-refractivity contribution >= 4 is 35.1 Å². The molecule has 1 fully saturated rings. The molecular weight excluding hydrogens is 360 g/mol. The van der Waals surface area contributed by atoms with E-state index >= 15 is 0 Å². The van der Waals surface area contributed by atoms with Gasteiger partial charge in [-0.25, -0.2) is 4.79 Å². The van der Waals surface area contributed by atoms with E-state index in [1.165, 1.54) is 0 Å². The molecular formula is C18H19ClN2O3S. The number of urea groups is 1. The van der Waals surface area contributed by atoms with Crippen molar-refractivity contribution in [3.8, 4) is 11.5 Å². The van der Waals surface area contributed by atoms with Crippen molar-refractivity contribution in [3.63, 3.8) is 0 Å². The van der Waals surface area contributed by atoms with Crippen LogP contribution in [0.1, 0.15) is 10.9 Å². The van der Waals surface area contributed by atoms with E-state index in [9.17, 15) is 4.79 Å². The van der Waals surface area contributed by atoms with Crippen LogP contribution in [0.3, 0.4) is 0 Å². The van der Waals surface area contributed by atoms with Crippen molar-refractivity contribution in [1.29, 1.82) is 0 Å². The van der Waals surface area contributed by atoms with E-state index in [0.29, 0.717) is 28.8 Å². The molecule has 0 unspecified atom stereocenters. The monoisotopic (exact) mass is 378 g/mol. The largest absolute Gasteiger partial charge is 0.493 e. The van der Waals surface area contributed by atoms with Crippen LogP contribution in [-0.4, -0.2) is 37.4 Å². The van der Waals surface area contributed by atoms with Gasteiger partial charge in [-0.1, -0.05) is 23.7 Å². The minimum atomic E-state index is -0.146. The number of hydrogen-bond acceptors (Lipinski definition) is 4. The van der Waals surface area contributed by atoms with Crippen molar-refractivity contribution in [3.05, 3.63) is 53.1 Å². The molecule has 1 heterocycles. The lowest BCUT2D eigenvalue weighted by molar-refractivity contribution is 0.214. The maximum atomic E-state index is 12.7. The lowest BCUT2D eigenvalue weighted by atomic mass is 10.2. The number of carbonyl (C=O) groups is 1. The summed E-state index contributed by atoms with van der Waals surface area (Å²) in [7, 11) is 3.21. The Morgan fingerprint density at radius 3 is 2.72 bits per heavy atom. The molecule has 0 saturated carbocycles. The molecule has 0 aromatic heterocycles. The Labute approximate surface area is 156 Å². The molecule has 1 saturated heterocycles. The normalized spacial score (nSPS) is 16.6. The van der Waals surface area contributed by atoms with Gasteiger partial charge in [-0.05, 0) is 35.9 Å². The Bertz CT molecular complexity index is 772. The van der Waals surface area contributed by atoms with Crippen LogP contribution >= 0.6 is 23.4 Å². The molecule has 0 radical (unpaired) electrons. The zero-order valence-electron chi connectivity index (χ0n) is 14.0. The topological polar surface area (TPSA) is 50.8 Å². The first-order chi connectivity index (χ1) is 12.1. The van der Waals surface area contributed by atoms with Gasteiger partial charge in [0, 0.05) is 23.0 Å². The standard InChI is InChI=1S/C18H19ClN2O3S/c1-23-15-7-6-12(10-16(15)24-2)17-21(8-9-25-17)18(22)20-14-5-3-4-13(19)11-14/h3-7,10-11,17H,8-9H2,1-2H3,(H,20,22)/t17-/m0/s1. The van der Waals surface area contributed by atoms with Crippen molar-refractivity contribution in [2.24, 2.45) is 0 Å². The Kier molecular flexibility index (Phi) is 5.60. The molecule has 2 aromatic carbocycles. The Balaban J connectivity index is 1.79. The number of ether oxygens (including phenoxy) is 2. The van der Waals surface area contributed by atoms with Crippen molar-refractivity contribution in [2.75, 3.05) is 31.8 Å². The summed E-state index contributed by atoms with van der Waals surface area (Å²) in [4.78, 5) is 14.5. The number of amides is 2. The van der Waals surface area contributed by atoms with Crippen LogP contribution in [0.4, 0.5) is 10.5 Å². The Morgan fingerprint density at radius 1 is 1.20 bits per heavy atom. The van der Waals surface area contributed by atoms with Crippen LogP contribution in [0.5, 0.6) is 11.5 Å². The van der Waals surface area contributed by atoms with E-state index < -0.39 is 0 Å². The van der Waals surface area contributed by atoms with E-state index in [0.717, 1.165) is 11.3 Å².